The largest absolute Gasteiger partial charge is 0.355 e. The lowest BCUT2D eigenvalue weighted by atomic mass is 9.94. The van der Waals surface area contributed by atoms with E-state index in [1.54, 1.807) is 26.1 Å². The Hall–Kier alpha value is -1.90. The van der Waals surface area contributed by atoms with Crippen LogP contribution in [-0.2, 0) is 0 Å². The van der Waals surface area contributed by atoms with Gasteiger partial charge in [-0.3, -0.25) is 9.59 Å². The van der Waals surface area contributed by atoms with Crippen LogP contribution in [0, 0.1) is 13.8 Å². The summed E-state index contributed by atoms with van der Waals surface area (Å²) in [5.41, 5.74) is 2.65. The first-order chi connectivity index (χ1) is 7.52. The number of allylic oxidation sites excluding steroid dienone is 1. The molecule has 0 saturated carbocycles. The molecule has 0 fully saturated rings. The Morgan fingerprint density at radius 1 is 1.31 bits per heavy atom. The average Bonchev–Trinajstić information content (AvgIpc) is 2.28. The van der Waals surface area contributed by atoms with Gasteiger partial charge in [0.25, 0.3) is 5.91 Å². The van der Waals surface area contributed by atoms with Crippen LogP contribution in [0.15, 0.2) is 24.8 Å². The summed E-state index contributed by atoms with van der Waals surface area (Å²) in [5.74, 6) is -0.337. The first kappa shape index (κ1) is 12.2. The molecule has 0 aromatic heterocycles. The van der Waals surface area contributed by atoms with Crippen molar-refractivity contribution in [2.45, 2.75) is 13.8 Å². The second-order valence-corrected chi connectivity index (χ2v) is 3.58. The lowest BCUT2D eigenvalue weighted by Crippen LogP contribution is -2.20. The van der Waals surface area contributed by atoms with E-state index < -0.39 is 0 Å². The molecule has 0 aliphatic rings. The van der Waals surface area contributed by atoms with Gasteiger partial charge in [0.15, 0.2) is 5.78 Å². The van der Waals surface area contributed by atoms with Crippen molar-refractivity contribution in [3.8, 4) is 0 Å². The highest BCUT2D eigenvalue weighted by atomic mass is 16.1. The molecule has 3 heteroatoms. The fourth-order valence-corrected chi connectivity index (χ4v) is 1.71. The minimum absolute atomic E-state index is 0.152. The molecule has 1 rings (SSSR count). The minimum Gasteiger partial charge on any atom is -0.355 e. The third kappa shape index (κ3) is 2.03. The zero-order valence-electron chi connectivity index (χ0n) is 9.76. The molecule has 1 aromatic rings. The molecule has 0 aliphatic carbocycles. The molecule has 84 valence electrons. The normalized spacial score (nSPS) is 9.69. The summed E-state index contributed by atoms with van der Waals surface area (Å²) >= 11 is 0. The van der Waals surface area contributed by atoms with Gasteiger partial charge in [0, 0.05) is 18.2 Å². The van der Waals surface area contributed by atoms with Crippen LogP contribution in [0.25, 0.3) is 0 Å². The summed E-state index contributed by atoms with van der Waals surface area (Å²) in [6.07, 6.45) is 1.27. The molecule has 0 heterocycles. The van der Waals surface area contributed by atoms with E-state index in [1.165, 1.54) is 6.08 Å². The fraction of sp³-hybridized carbons (Fsp3) is 0.231. The number of aryl methyl sites for hydroxylation is 1. The van der Waals surface area contributed by atoms with Crippen molar-refractivity contribution in [1.82, 2.24) is 5.32 Å². The molecule has 0 unspecified atom stereocenters. The average molecular weight is 217 g/mol. The minimum atomic E-state index is -0.185. The Kier molecular flexibility index (Phi) is 3.61. The zero-order valence-corrected chi connectivity index (χ0v) is 9.76. The van der Waals surface area contributed by atoms with Crippen LogP contribution in [0.2, 0.25) is 0 Å². The summed E-state index contributed by atoms with van der Waals surface area (Å²) in [6, 6.07) is 3.50. The first-order valence-electron chi connectivity index (χ1n) is 5.02. The lowest BCUT2D eigenvalue weighted by Gasteiger charge is -2.11. The summed E-state index contributed by atoms with van der Waals surface area (Å²) in [7, 11) is 1.57. The number of carbonyl (C=O) groups is 2. The summed E-state index contributed by atoms with van der Waals surface area (Å²) < 4.78 is 0. The molecule has 0 radical (unpaired) electrons. The van der Waals surface area contributed by atoms with Gasteiger partial charge in [0.1, 0.15) is 0 Å². The van der Waals surface area contributed by atoms with Crippen molar-refractivity contribution in [2.24, 2.45) is 0 Å². The Bertz CT molecular complexity index is 461. The van der Waals surface area contributed by atoms with Gasteiger partial charge in [-0.1, -0.05) is 12.6 Å². The van der Waals surface area contributed by atoms with E-state index in [0.29, 0.717) is 16.7 Å². The maximum absolute atomic E-state index is 11.7. The van der Waals surface area contributed by atoms with Gasteiger partial charge in [-0.05, 0) is 37.1 Å². The van der Waals surface area contributed by atoms with Gasteiger partial charge in [0.2, 0.25) is 0 Å². The quantitative estimate of drug-likeness (QED) is 0.622. The maximum Gasteiger partial charge on any atom is 0.251 e. The fourth-order valence-electron chi connectivity index (χ4n) is 1.71. The van der Waals surface area contributed by atoms with Crippen molar-refractivity contribution in [3.63, 3.8) is 0 Å². The van der Waals surface area contributed by atoms with Crippen LogP contribution < -0.4 is 5.32 Å². The molecule has 0 atom stereocenters. The molecule has 1 aromatic carbocycles. The number of hydrogen-bond donors (Lipinski definition) is 1. The number of rotatable bonds is 3. The van der Waals surface area contributed by atoms with Gasteiger partial charge in [0.05, 0.1) is 0 Å². The molecule has 0 saturated heterocycles. The van der Waals surface area contributed by atoms with Crippen molar-refractivity contribution in [1.29, 1.82) is 0 Å². The van der Waals surface area contributed by atoms with Gasteiger partial charge in [-0.15, -0.1) is 0 Å². The highest BCUT2D eigenvalue weighted by molar-refractivity contribution is 6.08. The van der Waals surface area contributed by atoms with E-state index in [4.69, 9.17) is 0 Å². The topological polar surface area (TPSA) is 46.2 Å². The van der Waals surface area contributed by atoms with Gasteiger partial charge < -0.3 is 5.32 Å². The Morgan fingerprint density at radius 2 is 1.94 bits per heavy atom. The molecule has 1 N–H and O–H groups in total. The second kappa shape index (κ2) is 4.75. The summed E-state index contributed by atoms with van der Waals surface area (Å²) in [4.78, 5) is 23.2. The number of benzene rings is 1. The van der Waals surface area contributed by atoms with Gasteiger partial charge in [-0.2, -0.15) is 0 Å². The van der Waals surface area contributed by atoms with E-state index in [0.717, 1.165) is 5.56 Å². The SMILES string of the molecule is C=CC(=O)c1c(C)ccc(C(=O)NC)c1C. The maximum atomic E-state index is 11.7. The third-order valence-electron chi connectivity index (χ3n) is 2.58. The molecule has 0 spiro atoms. The van der Waals surface area contributed by atoms with E-state index in [1.807, 2.05) is 6.92 Å². The summed E-state index contributed by atoms with van der Waals surface area (Å²) in [6.45, 7) is 7.08. The highest BCUT2D eigenvalue weighted by Gasteiger charge is 2.15. The van der Waals surface area contributed by atoms with Gasteiger partial charge >= 0.3 is 0 Å². The predicted octanol–water partition coefficient (Wildman–Crippen LogP) is 2.03. The van der Waals surface area contributed by atoms with Crippen LogP contribution in [0.3, 0.4) is 0 Å². The highest BCUT2D eigenvalue weighted by Crippen LogP contribution is 2.19. The molecule has 16 heavy (non-hydrogen) atoms. The Morgan fingerprint density at radius 3 is 2.44 bits per heavy atom. The van der Waals surface area contributed by atoms with Crippen LogP contribution in [0.5, 0.6) is 0 Å². The lowest BCUT2D eigenvalue weighted by molar-refractivity contribution is 0.0962. The number of amides is 1. The standard InChI is InChI=1S/C13H15NO2/c1-5-11(15)12-8(2)6-7-10(9(12)3)13(16)14-4/h5-7H,1H2,2-4H3,(H,14,16). The van der Waals surface area contributed by atoms with Crippen LogP contribution in [-0.4, -0.2) is 18.7 Å². The molecule has 0 bridgehead atoms. The monoisotopic (exact) mass is 217 g/mol. The smallest absolute Gasteiger partial charge is 0.251 e. The van der Waals surface area contributed by atoms with Crippen LogP contribution in [0.1, 0.15) is 31.8 Å². The first-order valence-corrected chi connectivity index (χ1v) is 5.02. The zero-order chi connectivity index (χ0) is 12.3. The van der Waals surface area contributed by atoms with Crippen molar-refractivity contribution >= 4 is 11.7 Å². The Balaban J connectivity index is 3.43. The van der Waals surface area contributed by atoms with Crippen molar-refractivity contribution < 1.29 is 9.59 Å². The number of nitrogens with one attached hydrogen (secondary N) is 1. The van der Waals surface area contributed by atoms with E-state index in [9.17, 15) is 9.59 Å². The summed E-state index contributed by atoms with van der Waals surface area (Å²) in [5, 5.41) is 2.55. The second-order valence-electron chi connectivity index (χ2n) is 3.58. The third-order valence-corrected chi connectivity index (χ3v) is 2.58. The van der Waals surface area contributed by atoms with Crippen LogP contribution >= 0.6 is 0 Å². The van der Waals surface area contributed by atoms with Crippen LogP contribution in [0.4, 0.5) is 0 Å². The van der Waals surface area contributed by atoms with Gasteiger partial charge in [-0.25, -0.2) is 0 Å². The molecular formula is C13H15NO2. The van der Waals surface area contributed by atoms with E-state index in [2.05, 4.69) is 11.9 Å². The van der Waals surface area contributed by atoms with E-state index >= 15 is 0 Å². The number of ketones is 1. The molecule has 1 amide bonds. The Labute approximate surface area is 95.2 Å². The van der Waals surface area contributed by atoms with Crippen molar-refractivity contribution in [2.75, 3.05) is 7.05 Å². The van der Waals surface area contributed by atoms with E-state index in [-0.39, 0.29) is 11.7 Å². The predicted molar refractivity (Wildman–Crippen MR) is 63.8 cm³/mol. The molecule has 3 nitrogen and oxygen atoms in total. The molecule has 0 aliphatic heterocycles. The van der Waals surface area contributed by atoms with Crippen molar-refractivity contribution in [3.05, 3.63) is 47.0 Å². The number of hydrogen-bond acceptors (Lipinski definition) is 2. The molecular weight excluding hydrogens is 202 g/mol. The number of carbonyl (C=O) groups excluding carboxylic acids is 2.